The van der Waals surface area contributed by atoms with E-state index in [1.54, 1.807) is 6.92 Å². The van der Waals surface area contributed by atoms with Crippen molar-refractivity contribution >= 4 is 23.2 Å². The SMILES string of the molecule is CCCCNC(=S)NC(C)C(=O)NC(C)C. The largest absolute Gasteiger partial charge is 0.363 e. The molecule has 0 aromatic heterocycles. The first-order chi connectivity index (χ1) is 7.47. The maximum Gasteiger partial charge on any atom is 0.242 e. The van der Waals surface area contributed by atoms with Crippen LogP contribution in [0.15, 0.2) is 0 Å². The quantitative estimate of drug-likeness (QED) is 0.485. The smallest absolute Gasteiger partial charge is 0.242 e. The Hall–Kier alpha value is -0.840. The lowest BCUT2D eigenvalue weighted by Crippen LogP contribution is -2.49. The van der Waals surface area contributed by atoms with Crippen molar-refractivity contribution in [3.63, 3.8) is 0 Å². The van der Waals surface area contributed by atoms with Gasteiger partial charge in [-0.25, -0.2) is 0 Å². The fraction of sp³-hybridized carbons (Fsp3) is 0.818. The van der Waals surface area contributed by atoms with Crippen molar-refractivity contribution in [2.75, 3.05) is 6.54 Å². The van der Waals surface area contributed by atoms with E-state index in [1.165, 1.54) is 0 Å². The third kappa shape index (κ3) is 7.45. The Morgan fingerprint density at radius 3 is 2.38 bits per heavy atom. The van der Waals surface area contributed by atoms with Gasteiger partial charge in [-0.1, -0.05) is 13.3 Å². The van der Waals surface area contributed by atoms with Gasteiger partial charge in [0.15, 0.2) is 5.11 Å². The summed E-state index contributed by atoms with van der Waals surface area (Å²) in [5.41, 5.74) is 0. The first-order valence-corrected chi connectivity index (χ1v) is 6.23. The Balaban J connectivity index is 3.80. The number of unbranched alkanes of at least 4 members (excludes halogenated alkanes) is 1. The highest BCUT2D eigenvalue weighted by Crippen LogP contribution is 1.87. The van der Waals surface area contributed by atoms with Crippen molar-refractivity contribution in [2.24, 2.45) is 0 Å². The van der Waals surface area contributed by atoms with E-state index in [4.69, 9.17) is 12.2 Å². The van der Waals surface area contributed by atoms with E-state index in [0.717, 1.165) is 19.4 Å². The molecule has 0 aromatic rings. The zero-order valence-corrected chi connectivity index (χ0v) is 11.4. The molecule has 5 heteroatoms. The molecule has 0 aromatic carbocycles. The molecule has 0 saturated heterocycles. The van der Waals surface area contributed by atoms with Gasteiger partial charge in [-0.2, -0.15) is 0 Å². The average molecular weight is 245 g/mol. The topological polar surface area (TPSA) is 53.2 Å². The van der Waals surface area contributed by atoms with Crippen LogP contribution in [-0.4, -0.2) is 29.6 Å². The summed E-state index contributed by atoms with van der Waals surface area (Å²) in [6.07, 6.45) is 2.20. The Labute approximate surface area is 104 Å². The van der Waals surface area contributed by atoms with Gasteiger partial charge in [-0.05, 0) is 39.4 Å². The second kappa shape index (κ2) is 8.33. The van der Waals surface area contributed by atoms with Gasteiger partial charge >= 0.3 is 0 Å². The molecule has 0 saturated carbocycles. The minimum Gasteiger partial charge on any atom is -0.363 e. The van der Waals surface area contributed by atoms with E-state index in [-0.39, 0.29) is 18.0 Å². The minimum absolute atomic E-state index is 0.0327. The minimum atomic E-state index is -0.302. The molecule has 0 aliphatic rings. The van der Waals surface area contributed by atoms with Crippen LogP contribution in [0.5, 0.6) is 0 Å². The van der Waals surface area contributed by atoms with Crippen LogP contribution in [0.2, 0.25) is 0 Å². The van der Waals surface area contributed by atoms with Gasteiger partial charge in [-0.3, -0.25) is 4.79 Å². The van der Waals surface area contributed by atoms with Crippen molar-refractivity contribution in [3.8, 4) is 0 Å². The highest BCUT2D eigenvalue weighted by molar-refractivity contribution is 7.80. The van der Waals surface area contributed by atoms with Crippen molar-refractivity contribution in [2.45, 2.75) is 52.6 Å². The predicted octanol–water partition coefficient (Wildman–Crippen LogP) is 1.16. The number of carbonyl (C=O) groups is 1. The highest BCUT2D eigenvalue weighted by Gasteiger charge is 2.13. The van der Waals surface area contributed by atoms with Gasteiger partial charge < -0.3 is 16.0 Å². The first kappa shape index (κ1) is 15.2. The number of carbonyl (C=O) groups excluding carboxylic acids is 1. The molecular formula is C11H23N3OS. The standard InChI is InChI=1S/C11H23N3OS/c1-5-6-7-12-11(16)14-9(4)10(15)13-8(2)3/h8-9H,5-7H2,1-4H3,(H,13,15)(H2,12,14,16). The van der Waals surface area contributed by atoms with Gasteiger partial charge in [0.25, 0.3) is 0 Å². The van der Waals surface area contributed by atoms with Crippen LogP contribution in [0.25, 0.3) is 0 Å². The molecule has 1 amide bonds. The molecule has 1 atom stereocenters. The van der Waals surface area contributed by atoms with Crippen LogP contribution in [-0.2, 0) is 4.79 Å². The Kier molecular flexibility index (Phi) is 7.89. The molecule has 0 radical (unpaired) electrons. The Morgan fingerprint density at radius 1 is 1.25 bits per heavy atom. The van der Waals surface area contributed by atoms with Gasteiger partial charge in [0.05, 0.1) is 0 Å². The van der Waals surface area contributed by atoms with E-state index in [0.29, 0.717) is 5.11 Å². The van der Waals surface area contributed by atoms with Crippen LogP contribution < -0.4 is 16.0 Å². The molecule has 0 bridgehead atoms. The van der Waals surface area contributed by atoms with Gasteiger partial charge in [0.1, 0.15) is 6.04 Å². The van der Waals surface area contributed by atoms with Crippen molar-refractivity contribution in [3.05, 3.63) is 0 Å². The van der Waals surface area contributed by atoms with Crippen LogP contribution in [0.4, 0.5) is 0 Å². The number of nitrogens with one attached hydrogen (secondary N) is 3. The Morgan fingerprint density at radius 2 is 1.88 bits per heavy atom. The molecule has 0 rings (SSSR count). The van der Waals surface area contributed by atoms with E-state index in [2.05, 4.69) is 22.9 Å². The van der Waals surface area contributed by atoms with E-state index >= 15 is 0 Å². The van der Waals surface area contributed by atoms with Gasteiger partial charge in [-0.15, -0.1) is 0 Å². The van der Waals surface area contributed by atoms with Crippen molar-refractivity contribution in [1.29, 1.82) is 0 Å². The van der Waals surface area contributed by atoms with E-state index < -0.39 is 0 Å². The Bertz CT molecular complexity index is 231. The lowest BCUT2D eigenvalue weighted by atomic mass is 10.3. The van der Waals surface area contributed by atoms with Gasteiger partial charge in [0.2, 0.25) is 5.91 Å². The molecule has 16 heavy (non-hydrogen) atoms. The molecule has 4 nitrogen and oxygen atoms in total. The molecule has 0 fully saturated rings. The molecule has 1 unspecified atom stereocenters. The highest BCUT2D eigenvalue weighted by atomic mass is 32.1. The summed E-state index contributed by atoms with van der Waals surface area (Å²) in [6.45, 7) is 8.63. The fourth-order valence-corrected chi connectivity index (χ4v) is 1.38. The maximum atomic E-state index is 11.6. The molecule has 0 aliphatic carbocycles. The zero-order chi connectivity index (χ0) is 12.6. The molecule has 0 spiro atoms. The summed E-state index contributed by atoms with van der Waals surface area (Å²) in [4.78, 5) is 11.6. The molecular weight excluding hydrogens is 222 g/mol. The molecule has 94 valence electrons. The molecule has 0 heterocycles. The number of thiocarbonyl (C=S) groups is 1. The van der Waals surface area contributed by atoms with Gasteiger partial charge in [0, 0.05) is 12.6 Å². The van der Waals surface area contributed by atoms with Crippen LogP contribution >= 0.6 is 12.2 Å². The molecule has 3 N–H and O–H groups in total. The summed E-state index contributed by atoms with van der Waals surface area (Å²) in [6, 6.07) is -0.151. The summed E-state index contributed by atoms with van der Waals surface area (Å²) < 4.78 is 0. The summed E-state index contributed by atoms with van der Waals surface area (Å²) in [7, 11) is 0. The number of hydrogen-bond acceptors (Lipinski definition) is 2. The zero-order valence-electron chi connectivity index (χ0n) is 10.6. The number of amides is 1. The second-order valence-electron chi connectivity index (χ2n) is 4.14. The summed E-state index contributed by atoms with van der Waals surface area (Å²) >= 11 is 5.07. The monoisotopic (exact) mass is 245 g/mol. The van der Waals surface area contributed by atoms with E-state index in [1.807, 2.05) is 13.8 Å². The number of hydrogen-bond donors (Lipinski definition) is 3. The molecule has 0 aliphatic heterocycles. The first-order valence-electron chi connectivity index (χ1n) is 5.82. The van der Waals surface area contributed by atoms with Crippen molar-refractivity contribution < 1.29 is 4.79 Å². The third-order valence-corrected chi connectivity index (χ3v) is 2.25. The maximum absolute atomic E-state index is 11.6. The summed E-state index contributed by atoms with van der Waals surface area (Å²) in [5, 5.41) is 9.38. The van der Waals surface area contributed by atoms with E-state index in [9.17, 15) is 4.79 Å². The fourth-order valence-electron chi connectivity index (χ4n) is 1.10. The van der Waals surface area contributed by atoms with Crippen LogP contribution in [0.3, 0.4) is 0 Å². The van der Waals surface area contributed by atoms with Crippen LogP contribution in [0.1, 0.15) is 40.5 Å². The predicted molar refractivity (Wildman–Crippen MR) is 71.4 cm³/mol. The summed E-state index contributed by atoms with van der Waals surface area (Å²) in [5.74, 6) is -0.0327. The number of rotatable bonds is 6. The average Bonchev–Trinajstić information content (AvgIpc) is 2.16. The van der Waals surface area contributed by atoms with Crippen LogP contribution in [0, 0.1) is 0 Å². The van der Waals surface area contributed by atoms with Crippen molar-refractivity contribution in [1.82, 2.24) is 16.0 Å². The third-order valence-electron chi connectivity index (χ3n) is 1.99. The second-order valence-corrected chi connectivity index (χ2v) is 4.55. The normalized spacial score (nSPS) is 12.1. The lowest BCUT2D eigenvalue weighted by molar-refractivity contribution is -0.122. The lowest BCUT2D eigenvalue weighted by Gasteiger charge is -2.18.